The van der Waals surface area contributed by atoms with E-state index in [1.54, 1.807) is 12.1 Å². The molecule has 0 fully saturated rings. The Morgan fingerprint density at radius 1 is 1.34 bits per heavy atom. The topological polar surface area (TPSA) is 134 Å². The molecule has 1 aliphatic heterocycles. The maximum atomic E-state index is 13.3. The van der Waals surface area contributed by atoms with Crippen molar-refractivity contribution in [2.75, 3.05) is 19.8 Å². The standard InChI is InChI=1S/C22H22FN3O6/c1-22(31)10-26-17-16(18(28)15(21(26)30)20(29)24-6-7-27)25-9-13(19(17)32-11-22)8-12-2-4-14(23)5-3-12/h2-5,9,27-28,31H,6-8,10-11H2,1H3,(H,24,29). The van der Waals surface area contributed by atoms with Gasteiger partial charge in [0.2, 0.25) is 0 Å². The average molecular weight is 443 g/mol. The lowest BCUT2D eigenvalue weighted by atomic mass is 10.0. The first kappa shape index (κ1) is 21.7. The molecule has 4 N–H and O–H groups in total. The van der Waals surface area contributed by atoms with Gasteiger partial charge in [0.25, 0.3) is 11.5 Å². The molecule has 3 heterocycles. The van der Waals surface area contributed by atoms with Crippen molar-refractivity contribution >= 4 is 16.9 Å². The zero-order valence-electron chi connectivity index (χ0n) is 17.3. The van der Waals surface area contributed by atoms with Crippen LogP contribution in [0.1, 0.15) is 28.4 Å². The van der Waals surface area contributed by atoms with Crippen LogP contribution in [0.4, 0.5) is 4.39 Å². The summed E-state index contributed by atoms with van der Waals surface area (Å²) in [5.41, 5.74) is -1.35. The summed E-state index contributed by atoms with van der Waals surface area (Å²) in [4.78, 5) is 30.0. The molecule has 0 saturated carbocycles. The number of aromatic hydroxyl groups is 1. The fraction of sp³-hybridized carbons (Fsp3) is 0.318. The molecule has 9 nitrogen and oxygen atoms in total. The first-order valence-corrected chi connectivity index (χ1v) is 9.98. The summed E-state index contributed by atoms with van der Waals surface area (Å²) in [6, 6.07) is 5.87. The molecule has 10 heteroatoms. The first-order chi connectivity index (χ1) is 15.2. The zero-order valence-corrected chi connectivity index (χ0v) is 17.3. The smallest absolute Gasteiger partial charge is 0.268 e. The molecule has 1 amide bonds. The quantitative estimate of drug-likeness (QED) is 0.456. The molecule has 1 unspecified atom stereocenters. The molecule has 1 aliphatic rings. The van der Waals surface area contributed by atoms with Crippen LogP contribution in [0.2, 0.25) is 0 Å². The third kappa shape index (κ3) is 3.90. The van der Waals surface area contributed by atoms with Gasteiger partial charge in [-0.2, -0.15) is 0 Å². The van der Waals surface area contributed by atoms with Crippen molar-refractivity contribution in [1.29, 1.82) is 0 Å². The van der Waals surface area contributed by atoms with Crippen molar-refractivity contribution in [3.05, 3.63) is 63.3 Å². The summed E-state index contributed by atoms with van der Waals surface area (Å²) in [5, 5.41) is 32.8. The minimum absolute atomic E-state index is 0.0331. The third-order valence-electron chi connectivity index (χ3n) is 5.23. The van der Waals surface area contributed by atoms with Crippen molar-refractivity contribution in [3.8, 4) is 11.5 Å². The number of aliphatic hydroxyl groups excluding tert-OH is 1. The molecule has 0 spiro atoms. The van der Waals surface area contributed by atoms with E-state index in [2.05, 4.69) is 10.3 Å². The number of hydrogen-bond acceptors (Lipinski definition) is 7. The number of halogens is 1. The molecular formula is C22H22FN3O6. The molecule has 1 atom stereocenters. The maximum absolute atomic E-state index is 13.3. The number of benzene rings is 1. The second-order valence-electron chi connectivity index (χ2n) is 7.99. The number of carbonyl (C=O) groups excluding carboxylic acids is 1. The van der Waals surface area contributed by atoms with E-state index in [9.17, 15) is 24.2 Å². The maximum Gasteiger partial charge on any atom is 0.268 e. The number of nitrogens with zero attached hydrogens (tertiary/aromatic N) is 2. The Kier molecular flexibility index (Phi) is 5.57. The molecule has 2 aromatic heterocycles. The van der Waals surface area contributed by atoms with Gasteiger partial charge in [-0.15, -0.1) is 0 Å². The highest BCUT2D eigenvalue weighted by Gasteiger charge is 2.33. The Labute approximate surface area is 181 Å². The van der Waals surface area contributed by atoms with Crippen molar-refractivity contribution in [2.45, 2.75) is 25.5 Å². The monoisotopic (exact) mass is 443 g/mol. The largest absolute Gasteiger partial charge is 0.505 e. The van der Waals surface area contributed by atoms with Crippen LogP contribution in [0.5, 0.6) is 11.5 Å². The predicted molar refractivity (Wildman–Crippen MR) is 112 cm³/mol. The Hall–Kier alpha value is -3.50. The highest BCUT2D eigenvalue weighted by atomic mass is 19.1. The van der Waals surface area contributed by atoms with Gasteiger partial charge in [0, 0.05) is 24.7 Å². The minimum Gasteiger partial charge on any atom is -0.505 e. The molecule has 1 aromatic carbocycles. The van der Waals surface area contributed by atoms with Crippen molar-refractivity contribution < 1.29 is 29.2 Å². The summed E-state index contributed by atoms with van der Waals surface area (Å²) in [5.74, 6) is -1.61. The third-order valence-corrected chi connectivity index (χ3v) is 5.23. The van der Waals surface area contributed by atoms with E-state index < -0.39 is 28.4 Å². The minimum atomic E-state index is -1.45. The molecule has 168 valence electrons. The number of pyridine rings is 2. The summed E-state index contributed by atoms with van der Waals surface area (Å²) < 4.78 is 20.3. The summed E-state index contributed by atoms with van der Waals surface area (Å²) in [6.45, 7) is 0.703. The molecule has 0 saturated heterocycles. The van der Waals surface area contributed by atoms with E-state index in [1.165, 1.54) is 29.8 Å². The zero-order chi connectivity index (χ0) is 23.0. The van der Waals surface area contributed by atoms with Gasteiger partial charge in [0.1, 0.15) is 34.6 Å². The molecular weight excluding hydrogens is 421 g/mol. The van der Waals surface area contributed by atoms with Crippen molar-refractivity contribution in [1.82, 2.24) is 14.9 Å². The number of aromatic nitrogens is 2. The fourth-order valence-electron chi connectivity index (χ4n) is 3.74. The normalized spacial score (nSPS) is 17.6. The van der Waals surface area contributed by atoms with Gasteiger partial charge in [-0.1, -0.05) is 12.1 Å². The number of ether oxygens (including phenoxy) is 1. The van der Waals surface area contributed by atoms with E-state index in [4.69, 9.17) is 9.84 Å². The van der Waals surface area contributed by atoms with Gasteiger partial charge in [0.05, 0.1) is 13.2 Å². The predicted octanol–water partition coefficient (Wildman–Crippen LogP) is 0.698. The molecule has 0 aliphatic carbocycles. The van der Waals surface area contributed by atoms with Crippen LogP contribution in [-0.4, -0.2) is 56.1 Å². The highest BCUT2D eigenvalue weighted by Crippen LogP contribution is 2.37. The first-order valence-electron chi connectivity index (χ1n) is 9.98. The summed E-state index contributed by atoms with van der Waals surface area (Å²) >= 11 is 0. The Bertz CT molecular complexity index is 1250. The SMILES string of the molecule is CC1(O)COc2c(Cc3ccc(F)cc3)cnc3c(O)c(C(=O)NCCO)c(=O)n(c23)C1. The van der Waals surface area contributed by atoms with Crippen molar-refractivity contribution in [2.24, 2.45) is 0 Å². The Morgan fingerprint density at radius 2 is 2.06 bits per heavy atom. The van der Waals surface area contributed by atoms with Gasteiger partial charge in [-0.25, -0.2) is 4.39 Å². The summed E-state index contributed by atoms with van der Waals surface area (Å²) in [7, 11) is 0. The van der Waals surface area contributed by atoms with Crippen LogP contribution in [0.15, 0.2) is 35.3 Å². The highest BCUT2D eigenvalue weighted by molar-refractivity contribution is 6.02. The van der Waals surface area contributed by atoms with Gasteiger partial charge < -0.3 is 25.4 Å². The number of rotatable bonds is 5. The molecule has 4 rings (SSSR count). The summed E-state index contributed by atoms with van der Waals surface area (Å²) in [6.07, 6.45) is 1.75. The van der Waals surface area contributed by atoms with E-state index in [0.717, 1.165) is 5.56 Å². The van der Waals surface area contributed by atoms with Crippen LogP contribution >= 0.6 is 0 Å². The lowest BCUT2D eigenvalue weighted by Gasteiger charge is -2.21. The van der Waals surface area contributed by atoms with E-state index in [1.807, 2.05) is 0 Å². The second kappa shape index (κ2) is 8.21. The number of hydrogen-bond donors (Lipinski definition) is 4. The lowest BCUT2D eigenvalue weighted by Crippen LogP contribution is -2.41. The van der Waals surface area contributed by atoms with Crippen molar-refractivity contribution in [3.63, 3.8) is 0 Å². The van der Waals surface area contributed by atoms with Crippen LogP contribution < -0.4 is 15.6 Å². The van der Waals surface area contributed by atoms with E-state index in [-0.39, 0.29) is 48.9 Å². The van der Waals surface area contributed by atoms with Crippen LogP contribution in [0.25, 0.3) is 11.0 Å². The molecule has 0 bridgehead atoms. The number of amides is 1. The van der Waals surface area contributed by atoms with Gasteiger partial charge in [-0.3, -0.25) is 19.1 Å². The Balaban J connectivity index is 1.94. The molecule has 32 heavy (non-hydrogen) atoms. The Morgan fingerprint density at radius 3 is 2.75 bits per heavy atom. The van der Waals surface area contributed by atoms with Crippen LogP contribution in [-0.2, 0) is 13.0 Å². The van der Waals surface area contributed by atoms with E-state index >= 15 is 0 Å². The molecule has 0 radical (unpaired) electrons. The van der Waals surface area contributed by atoms with Gasteiger partial charge in [-0.05, 0) is 24.6 Å². The molecule has 3 aromatic rings. The second-order valence-corrected chi connectivity index (χ2v) is 7.99. The van der Waals surface area contributed by atoms with Crippen LogP contribution in [0, 0.1) is 5.82 Å². The van der Waals surface area contributed by atoms with Crippen LogP contribution in [0.3, 0.4) is 0 Å². The number of aliphatic hydroxyl groups is 2. The van der Waals surface area contributed by atoms with E-state index in [0.29, 0.717) is 12.0 Å². The van der Waals surface area contributed by atoms with Gasteiger partial charge in [0.15, 0.2) is 11.5 Å². The lowest BCUT2D eigenvalue weighted by molar-refractivity contribution is 0.00216. The number of carbonyl (C=O) groups is 1. The fourth-order valence-corrected chi connectivity index (χ4v) is 3.74. The average Bonchev–Trinajstić information content (AvgIpc) is 2.90. The van der Waals surface area contributed by atoms with Gasteiger partial charge >= 0.3 is 0 Å². The number of nitrogens with one attached hydrogen (secondary N) is 1.